The maximum Gasteiger partial charge on any atom is 0.387 e. The van der Waals surface area contributed by atoms with Crippen LogP contribution in [0.5, 0.6) is 5.75 Å². The van der Waals surface area contributed by atoms with E-state index in [-0.39, 0.29) is 48.6 Å². The Morgan fingerprint density at radius 3 is 2.82 bits per heavy atom. The maximum atomic E-state index is 12.9. The first-order valence-electron chi connectivity index (χ1n) is 9.10. The van der Waals surface area contributed by atoms with Crippen LogP contribution in [0.2, 0.25) is 0 Å². The number of halogens is 2. The molecule has 3 rings (SSSR count). The summed E-state index contributed by atoms with van der Waals surface area (Å²) in [4.78, 5) is 27.9. The van der Waals surface area contributed by atoms with Crippen molar-refractivity contribution in [3.63, 3.8) is 0 Å². The second-order valence-corrected chi connectivity index (χ2v) is 6.80. The lowest BCUT2D eigenvalue weighted by Gasteiger charge is -2.29. The van der Waals surface area contributed by atoms with E-state index < -0.39 is 12.7 Å². The molecule has 1 aromatic carbocycles. The molecule has 0 spiro atoms. The Kier molecular flexibility index (Phi) is 6.42. The molecule has 1 aliphatic carbocycles. The number of ether oxygens (including phenoxy) is 2. The molecule has 2 aliphatic rings. The van der Waals surface area contributed by atoms with Crippen LogP contribution in [-0.4, -0.2) is 68.8 Å². The van der Waals surface area contributed by atoms with Crippen LogP contribution in [-0.2, 0) is 14.3 Å². The minimum absolute atomic E-state index is 0.127. The molecule has 1 saturated heterocycles. The monoisotopic (exact) mass is 398 g/mol. The smallest absolute Gasteiger partial charge is 0.387 e. The predicted octanol–water partition coefficient (Wildman–Crippen LogP) is 1.01. The summed E-state index contributed by atoms with van der Waals surface area (Å²) in [5.74, 6) is -0.866. The van der Waals surface area contributed by atoms with Gasteiger partial charge in [0, 0.05) is 30.9 Å². The zero-order valence-electron chi connectivity index (χ0n) is 15.6. The lowest BCUT2D eigenvalue weighted by molar-refractivity contribution is -0.126. The molecule has 3 N–H and O–H groups in total. The van der Waals surface area contributed by atoms with Gasteiger partial charge >= 0.3 is 6.61 Å². The van der Waals surface area contributed by atoms with Gasteiger partial charge in [-0.25, -0.2) is 0 Å². The highest BCUT2D eigenvalue weighted by Gasteiger charge is 2.34. The van der Waals surface area contributed by atoms with E-state index in [0.29, 0.717) is 12.6 Å². The Labute approximate surface area is 161 Å². The van der Waals surface area contributed by atoms with Crippen molar-refractivity contribution in [2.24, 2.45) is 5.73 Å². The molecule has 10 heteroatoms. The Morgan fingerprint density at radius 1 is 1.46 bits per heavy atom. The number of morpholine rings is 1. The van der Waals surface area contributed by atoms with Crippen LogP contribution in [0.4, 0.5) is 20.2 Å². The largest absolute Gasteiger partial charge is 0.433 e. The van der Waals surface area contributed by atoms with Crippen LogP contribution in [0.3, 0.4) is 0 Å². The molecule has 1 heterocycles. The highest BCUT2D eigenvalue weighted by molar-refractivity contribution is 5.98. The third-order valence-corrected chi connectivity index (χ3v) is 4.86. The Morgan fingerprint density at radius 2 is 2.21 bits per heavy atom. The van der Waals surface area contributed by atoms with Crippen LogP contribution in [0, 0.1) is 0 Å². The minimum Gasteiger partial charge on any atom is -0.433 e. The molecule has 0 bridgehead atoms. The van der Waals surface area contributed by atoms with Crippen molar-refractivity contribution in [2.45, 2.75) is 31.5 Å². The lowest BCUT2D eigenvalue weighted by Crippen LogP contribution is -2.47. The fraction of sp³-hybridized carbons (Fsp3) is 0.556. The molecule has 154 valence electrons. The Bertz CT molecular complexity index is 730. The maximum absolute atomic E-state index is 12.9. The van der Waals surface area contributed by atoms with Crippen molar-refractivity contribution in [3.05, 3.63) is 18.2 Å². The van der Waals surface area contributed by atoms with Crippen LogP contribution >= 0.6 is 0 Å². The average molecular weight is 398 g/mol. The number of hydrogen-bond acceptors (Lipinski definition) is 6. The zero-order chi connectivity index (χ0) is 20.3. The number of likely N-dealkylation sites (N-methyl/N-ethyl adjacent to an activating group) is 1. The molecular weight excluding hydrogens is 374 g/mol. The molecular formula is C18H24F2N4O4. The quantitative estimate of drug-likeness (QED) is 0.679. The topological polar surface area (TPSA) is 97.1 Å². The molecule has 0 aromatic heterocycles. The zero-order valence-corrected chi connectivity index (χ0v) is 15.6. The summed E-state index contributed by atoms with van der Waals surface area (Å²) in [5, 5.41) is 2.70. The minimum atomic E-state index is -3.07. The van der Waals surface area contributed by atoms with Gasteiger partial charge < -0.3 is 25.4 Å². The van der Waals surface area contributed by atoms with E-state index in [1.54, 1.807) is 6.07 Å². The highest BCUT2D eigenvalue weighted by atomic mass is 19.3. The first-order chi connectivity index (χ1) is 13.4. The van der Waals surface area contributed by atoms with Crippen LogP contribution in [0.1, 0.15) is 12.8 Å². The van der Waals surface area contributed by atoms with Gasteiger partial charge in [0.2, 0.25) is 5.91 Å². The van der Waals surface area contributed by atoms with Gasteiger partial charge in [0.1, 0.15) is 12.6 Å². The van der Waals surface area contributed by atoms with Crippen LogP contribution < -0.4 is 20.7 Å². The van der Waals surface area contributed by atoms with E-state index in [0.717, 1.165) is 12.8 Å². The number of carbonyl (C=O) groups excluding carboxylic acids is 2. The molecule has 8 nitrogen and oxygen atoms in total. The summed E-state index contributed by atoms with van der Waals surface area (Å²) in [5.41, 5.74) is 6.23. The van der Waals surface area contributed by atoms with Crippen molar-refractivity contribution in [1.29, 1.82) is 0 Å². The SMILES string of the molecule is CN(C1CC1)[C@H](CN)C(=O)Nc1ccc(N2CCOCC2=O)c(OC(F)F)c1. The summed E-state index contributed by atoms with van der Waals surface area (Å²) in [7, 11) is 1.84. The van der Waals surface area contributed by atoms with Gasteiger partial charge in [-0.1, -0.05) is 0 Å². The van der Waals surface area contributed by atoms with Gasteiger partial charge in [0.15, 0.2) is 5.75 Å². The number of hydrogen-bond donors (Lipinski definition) is 2. The van der Waals surface area contributed by atoms with Crippen molar-refractivity contribution in [3.8, 4) is 5.75 Å². The van der Waals surface area contributed by atoms with E-state index in [1.807, 2.05) is 11.9 Å². The Balaban J connectivity index is 1.79. The number of nitrogens with two attached hydrogens (primary N) is 1. The summed E-state index contributed by atoms with van der Waals surface area (Å²) in [6.07, 6.45) is 2.05. The van der Waals surface area contributed by atoms with Gasteiger partial charge in [-0.05, 0) is 32.0 Å². The number of rotatable bonds is 8. The van der Waals surface area contributed by atoms with E-state index in [2.05, 4.69) is 10.1 Å². The molecule has 1 atom stereocenters. The number of nitrogens with zero attached hydrogens (tertiary/aromatic N) is 2. The molecule has 28 heavy (non-hydrogen) atoms. The van der Waals surface area contributed by atoms with Gasteiger partial charge in [0.05, 0.1) is 12.3 Å². The number of alkyl halides is 2. The molecule has 1 aromatic rings. The summed E-state index contributed by atoms with van der Waals surface area (Å²) >= 11 is 0. The van der Waals surface area contributed by atoms with Gasteiger partial charge in [-0.15, -0.1) is 0 Å². The summed E-state index contributed by atoms with van der Waals surface area (Å²) < 4.78 is 35.4. The standard InChI is InChI=1S/C18H24F2N4O4/c1-23(12-3-4-12)14(9-21)17(26)22-11-2-5-13(15(8-11)28-18(19)20)24-6-7-27-10-16(24)25/h2,5,8,12,14,18H,3-4,6-7,9-10,21H2,1H3,(H,22,26)/t14-/m1/s1. The first-order valence-corrected chi connectivity index (χ1v) is 9.10. The van der Waals surface area contributed by atoms with Crippen molar-refractivity contribution >= 4 is 23.2 Å². The van der Waals surface area contributed by atoms with Crippen LogP contribution in [0.25, 0.3) is 0 Å². The molecule has 1 aliphatic heterocycles. The van der Waals surface area contributed by atoms with Gasteiger partial charge in [-0.2, -0.15) is 8.78 Å². The third-order valence-electron chi connectivity index (χ3n) is 4.86. The third kappa shape index (κ3) is 4.75. The number of benzene rings is 1. The highest BCUT2D eigenvalue weighted by Crippen LogP contribution is 2.34. The second-order valence-electron chi connectivity index (χ2n) is 6.80. The van der Waals surface area contributed by atoms with Crippen molar-refractivity contribution in [1.82, 2.24) is 4.90 Å². The molecule has 2 amide bonds. The Hall–Kier alpha value is -2.30. The first kappa shape index (κ1) is 20.4. The average Bonchev–Trinajstić information content (AvgIpc) is 3.48. The van der Waals surface area contributed by atoms with Crippen LogP contribution in [0.15, 0.2) is 18.2 Å². The number of nitrogens with one attached hydrogen (secondary N) is 1. The van der Waals surface area contributed by atoms with Crippen molar-refractivity contribution in [2.75, 3.05) is 43.6 Å². The number of carbonyl (C=O) groups is 2. The van der Waals surface area contributed by atoms with E-state index >= 15 is 0 Å². The molecule has 2 fully saturated rings. The van der Waals surface area contributed by atoms with Gasteiger partial charge in [0.25, 0.3) is 5.91 Å². The van der Waals surface area contributed by atoms with E-state index in [1.165, 1.54) is 17.0 Å². The normalized spacial score (nSPS) is 18.5. The molecule has 0 unspecified atom stereocenters. The lowest BCUT2D eigenvalue weighted by atomic mass is 10.2. The van der Waals surface area contributed by atoms with E-state index in [9.17, 15) is 18.4 Å². The molecule has 1 saturated carbocycles. The fourth-order valence-electron chi connectivity index (χ4n) is 3.20. The summed E-state index contributed by atoms with van der Waals surface area (Å²) in [6, 6.07) is 4.11. The van der Waals surface area contributed by atoms with Gasteiger partial charge in [-0.3, -0.25) is 14.5 Å². The predicted molar refractivity (Wildman–Crippen MR) is 98.5 cm³/mol. The number of anilines is 2. The molecule has 0 radical (unpaired) electrons. The summed E-state index contributed by atoms with van der Waals surface area (Å²) in [6.45, 7) is -2.54. The van der Waals surface area contributed by atoms with Crippen molar-refractivity contribution < 1.29 is 27.8 Å². The number of amides is 2. The fourth-order valence-corrected chi connectivity index (χ4v) is 3.20. The van der Waals surface area contributed by atoms with E-state index in [4.69, 9.17) is 10.5 Å². The second kappa shape index (κ2) is 8.80.